The van der Waals surface area contributed by atoms with E-state index < -0.39 is 37.1 Å². The highest BCUT2D eigenvalue weighted by atomic mass is 32.2. The molecule has 0 aliphatic carbocycles. The average molecular weight is 438 g/mol. The lowest BCUT2D eigenvalue weighted by Gasteiger charge is -2.16. The SMILES string of the molecule is CN(C)S(=O)(=O)c1ccccc1CNS(=O)(=O)c1cccc(OC(F)(F)F)c1. The predicted octanol–water partition coefficient (Wildman–Crippen LogP) is 2.31. The van der Waals surface area contributed by atoms with Crippen LogP contribution >= 0.6 is 0 Å². The average Bonchev–Trinajstić information content (AvgIpc) is 2.59. The summed E-state index contributed by atoms with van der Waals surface area (Å²) < 4.78 is 93.3. The van der Waals surface area contributed by atoms with Crippen molar-refractivity contribution in [1.29, 1.82) is 0 Å². The highest BCUT2D eigenvalue weighted by Crippen LogP contribution is 2.25. The first-order valence-electron chi connectivity index (χ1n) is 7.69. The van der Waals surface area contributed by atoms with E-state index in [2.05, 4.69) is 9.46 Å². The normalized spacial score (nSPS) is 12.9. The molecule has 0 amide bonds. The zero-order chi connectivity index (χ0) is 21.2. The summed E-state index contributed by atoms with van der Waals surface area (Å²) in [5.74, 6) is -0.689. The number of hydrogen-bond donors (Lipinski definition) is 1. The molecule has 2 aromatic rings. The van der Waals surface area contributed by atoms with Crippen LogP contribution in [0.2, 0.25) is 0 Å². The van der Waals surface area contributed by atoms with Crippen LogP contribution in [0.15, 0.2) is 58.3 Å². The fraction of sp³-hybridized carbons (Fsp3) is 0.250. The number of hydrogen-bond acceptors (Lipinski definition) is 5. The molecule has 0 saturated heterocycles. The van der Waals surface area contributed by atoms with Crippen LogP contribution in [0, 0.1) is 0 Å². The van der Waals surface area contributed by atoms with Gasteiger partial charge in [-0.2, -0.15) is 0 Å². The molecule has 0 bridgehead atoms. The maximum absolute atomic E-state index is 12.4. The summed E-state index contributed by atoms with van der Waals surface area (Å²) >= 11 is 0. The minimum absolute atomic E-state index is 0.0862. The highest BCUT2D eigenvalue weighted by Gasteiger charge is 2.31. The molecule has 12 heteroatoms. The molecule has 0 heterocycles. The van der Waals surface area contributed by atoms with Crippen LogP contribution in [0.25, 0.3) is 0 Å². The first-order chi connectivity index (χ1) is 12.8. The van der Waals surface area contributed by atoms with Gasteiger partial charge in [0.1, 0.15) is 5.75 Å². The van der Waals surface area contributed by atoms with Crippen molar-refractivity contribution in [3.05, 3.63) is 54.1 Å². The second kappa shape index (κ2) is 8.07. The number of halogens is 3. The van der Waals surface area contributed by atoms with Gasteiger partial charge in [-0.1, -0.05) is 24.3 Å². The van der Waals surface area contributed by atoms with Gasteiger partial charge in [0.05, 0.1) is 9.79 Å². The molecule has 0 radical (unpaired) electrons. The molecule has 0 fully saturated rings. The van der Waals surface area contributed by atoms with E-state index in [9.17, 15) is 30.0 Å². The molecule has 0 spiro atoms. The van der Waals surface area contributed by atoms with Crippen molar-refractivity contribution in [2.75, 3.05) is 14.1 Å². The number of benzene rings is 2. The summed E-state index contributed by atoms with van der Waals surface area (Å²) in [6.07, 6.45) is -4.96. The Hall–Kier alpha value is -2.15. The van der Waals surface area contributed by atoms with E-state index >= 15 is 0 Å². The van der Waals surface area contributed by atoms with Crippen molar-refractivity contribution in [1.82, 2.24) is 9.03 Å². The fourth-order valence-electron chi connectivity index (χ4n) is 2.19. The lowest BCUT2D eigenvalue weighted by atomic mass is 10.2. The summed E-state index contributed by atoms with van der Waals surface area (Å²) in [6.45, 7) is -0.379. The Labute approximate surface area is 160 Å². The van der Waals surface area contributed by atoms with Crippen LogP contribution in [0.5, 0.6) is 5.75 Å². The molecule has 1 N–H and O–H groups in total. The lowest BCUT2D eigenvalue weighted by Crippen LogP contribution is -2.27. The molecule has 28 heavy (non-hydrogen) atoms. The van der Waals surface area contributed by atoms with Crippen LogP contribution in [-0.2, 0) is 26.6 Å². The molecule has 0 unspecified atom stereocenters. The first-order valence-corrected chi connectivity index (χ1v) is 10.6. The number of alkyl halides is 3. The summed E-state index contributed by atoms with van der Waals surface area (Å²) in [5, 5.41) is 0. The maximum Gasteiger partial charge on any atom is 0.573 e. The van der Waals surface area contributed by atoms with Gasteiger partial charge in [-0.25, -0.2) is 25.9 Å². The molecule has 0 aromatic heterocycles. The van der Waals surface area contributed by atoms with Crippen LogP contribution in [0.3, 0.4) is 0 Å². The van der Waals surface area contributed by atoms with Gasteiger partial charge in [-0.15, -0.1) is 13.2 Å². The molecule has 7 nitrogen and oxygen atoms in total. The van der Waals surface area contributed by atoms with Crippen LogP contribution < -0.4 is 9.46 Å². The van der Waals surface area contributed by atoms with Crippen molar-refractivity contribution in [2.24, 2.45) is 0 Å². The van der Waals surface area contributed by atoms with Gasteiger partial charge in [0.15, 0.2) is 0 Å². The monoisotopic (exact) mass is 438 g/mol. The Kier molecular flexibility index (Phi) is 6.38. The molecule has 0 aliphatic rings. The Balaban J connectivity index is 2.28. The number of ether oxygens (including phenoxy) is 1. The standard InChI is InChI=1S/C16H17F3N2O5S2/c1-21(2)28(24,25)15-9-4-3-6-12(15)11-20-27(22,23)14-8-5-7-13(10-14)26-16(17,18)19/h3-10,20H,11H2,1-2H3. The van der Waals surface area contributed by atoms with Crippen LogP contribution in [0.4, 0.5) is 13.2 Å². The quantitative estimate of drug-likeness (QED) is 0.716. The van der Waals surface area contributed by atoms with E-state index in [-0.39, 0.29) is 17.0 Å². The maximum atomic E-state index is 12.4. The number of nitrogens with one attached hydrogen (secondary N) is 1. The van der Waals surface area contributed by atoms with Gasteiger partial charge in [-0.05, 0) is 23.8 Å². The highest BCUT2D eigenvalue weighted by molar-refractivity contribution is 7.89. The number of sulfonamides is 2. The zero-order valence-electron chi connectivity index (χ0n) is 14.8. The fourth-order valence-corrected chi connectivity index (χ4v) is 4.35. The minimum atomic E-state index is -4.96. The Morgan fingerprint density at radius 2 is 1.64 bits per heavy atom. The Morgan fingerprint density at radius 3 is 2.25 bits per heavy atom. The van der Waals surface area contributed by atoms with Gasteiger partial charge in [-0.3, -0.25) is 0 Å². The molecule has 154 valence electrons. The molecular weight excluding hydrogens is 421 g/mol. The van der Waals surface area contributed by atoms with Gasteiger partial charge in [0, 0.05) is 26.7 Å². The summed E-state index contributed by atoms with van der Waals surface area (Å²) in [4.78, 5) is -0.543. The van der Waals surface area contributed by atoms with Crippen LogP contribution in [-0.4, -0.2) is 41.6 Å². The van der Waals surface area contributed by atoms with E-state index in [0.29, 0.717) is 0 Å². The summed E-state index contributed by atoms with van der Waals surface area (Å²) in [5.41, 5.74) is 0.183. The van der Waals surface area contributed by atoms with E-state index in [1.165, 1.54) is 38.4 Å². The van der Waals surface area contributed by atoms with Gasteiger partial charge in [0.25, 0.3) is 0 Å². The molecule has 2 aromatic carbocycles. The summed E-state index contributed by atoms with van der Waals surface area (Å²) in [6, 6.07) is 9.67. The van der Waals surface area contributed by atoms with E-state index in [0.717, 1.165) is 28.6 Å². The van der Waals surface area contributed by atoms with Crippen molar-refractivity contribution >= 4 is 20.0 Å². The van der Waals surface area contributed by atoms with Crippen molar-refractivity contribution in [2.45, 2.75) is 22.7 Å². The minimum Gasteiger partial charge on any atom is -0.406 e. The zero-order valence-corrected chi connectivity index (χ0v) is 16.4. The predicted molar refractivity (Wildman–Crippen MR) is 94.5 cm³/mol. The molecule has 0 atom stereocenters. The third-order valence-electron chi connectivity index (χ3n) is 3.53. The molecule has 0 aliphatic heterocycles. The Bertz CT molecular complexity index is 1050. The Morgan fingerprint density at radius 1 is 1.00 bits per heavy atom. The van der Waals surface area contributed by atoms with E-state index in [4.69, 9.17) is 0 Å². The molecular formula is C16H17F3N2O5S2. The molecule has 0 saturated carbocycles. The van der Waals surface area contributed by atoms with Crippen molar-refractivity contribution < 1.29 is 34.7 Å². The van der Waals surface area contributed by atoms with Gasteiger partial charge in [0.2, 0.25) is 20.0 Å². The van der Waals surface area contributed by atoms with Crippen molar-refractivity contribution in [3.8, 4) is 5.75 Å². The van der Waals surface area contributed by atoms with E-state index in [1.54, 1.807) is 0 Å². The number of nitrogens with zero attached hydrogens (tertiary/aromatic N) is 1. The second-order valence-corrected chi connectivity index (χ2v) is 9.63. The largest absolute Gasteiger partial charge is 0.573 e. The lowest BCUT2D eigenvalue weighted by molar-refractivity contribution is -0.274. The number of rotatable bonds is 7. The van der Waals surface area contributed by atoms with Gasteiger partial charge >= 0.3 is 6.36 Å². The third-order valence-corrected chi connectivity index (χ3v) is 6.85. The molecule has 2 rings (SSSR count). The second-order valence-electron chi connectivity index (χ2n) is 5.74. The van der Waals surface area contributed by atoms with E-state index in [1.807, 2.05) is 0 Å². The topological polar surface area (TPSA) is 92.8 Å². The van der Waals surface area contributed by atoms with Gasteiger partial charge < -0.3 is 4.74 Å². The van der Waals surface area contributed by atoms with Crippen molar-refractivity contribution in [3.63, 3.8) is 0 Å². The van der Waals surface area contributed by atoms with Crippen LogP contribution in [0.1, 0.15) is 5.56 Å². The third kappa shape index (κ3) is 5.44. The first kappa shape index (κ1) is 22.1. The summed E-state index contributed by atoms with van der Waals surface area (Å²) in [7, 11) is -5.37. The smallest absolute Gasteiger partial charge is 0.406 e.